The maximum absolute atomic E-state index is 12.2. The van der Waals surface area contributed by atoms with Crippen molar-refractivity contribution in [2.45, 2.75) is 41.5 Å². The van der Waals surface area contributed by atoms with Crippen LogP contribution in [-0.4, -0.2) is 44.6 Å². The number of nitrogens with zero attached hydrogens (tertiary/aromatic N) is 1. The number of benzene rings is 2. The molecule has 1 saturated carbocycles. The molecule has 1 aliphatic carbocycles. The van der Waals surface area contributed by atoms with Crippen molar-refractivity contribution in [3.8, 4) is 0 Å². The topological polar surface area (TPSA) is 95.6 Å². The normalized spacial score (nSPS) is 13.7. The van der Waals surface area contributed by atoms with Gasteiger partial charge in [-0.2, -0.15) is 0 Å². The van der Waals surface area contributed by atoms with Gasteiger partial charge in [-0.15, -0.1) is 0 Å². The Bertz CT molecular complexity index is 1000. The largest absolute Gasteiger partial charge is 0.339 e. The zero-order chi connectivity index (χ0) is 21.7. The van der Waals surface area contributed by atoms with Gasteiger partial charge < -0.3 is 10.2 Å². The zero-order valence-corrected chi connectivity index (χ0v) is 18.6. The number of hydrogen-bond acceptors (Lipinski definition) is 5. The number of nitrogens with one attached hydrogen (secondary N) is 2. The van der Waals surface area contributed by atoms with Gasteiger partial charge in [0.25, 0.3) is 5.24 Å². The Kier molecular flexibility index (Phi) is 7.17. The second-order valence-corrected chi connectivity index (χ2v) is 10.1. The van der Waals surface area contributed by atoms with Gasteiger partial charge in [0.05, 0.1) is 4.90 Å². The summed E-state index contributed by atoms with van der Waals surface area (Å²) in [6, 6.07) is 13.8. The van der Waals surface area contributed by atoms with Gasteiger partial charge in [0, 0.05) is 37.1 Å². The standard InChI is InChI=1S/C21H25N3O4S2/c1-24(2)21(26)29-18-10-8-16(9-11-18)22-20(25)14-5-15-3-12-19(13-4-15)30(27,28)23-17-6-7-17/h3-4,8-13,17,23H,5-7,14H2,1-2H3,(H,22,25). The Labute approximate surface area is 181 Å². The molecule has 0 spiro atoms. The highest BCUT2D eigenvalue weighted by Gasteiger charge is 2.27. The molecule has 1 fully saturated rings. The van der Waals surface area contributed by atoms with Gasteiger partial charge in [-0.1, -0.05) is 12.1 Å². The van der Waals surface area contributed by atoms with Crippen molar-refractivity contribution in [3.63, 3.8) is 0 Å². The van der Waals surface area contributed by atoms with E-state index in [-0.39, 0.29) is 28.5 Å². The molecule has 2 aromatic carbocycles. The number of sulfonamides is 1. The molecule has 2 amide bonds. The van der Waals surface area contributed by atoms with E-state index in [1.807, 2.05) is 0 Å². The van der Waals surface area contributed by atoms with Gasteiger partial charge in [-0.05, 0) is 73.0 Å². The van der Waals surface area contributed by atoms with Crippen LogP contribution in [0.3, 0.4) is 0 Å². The van der Waals surface area contributed by atoms with Crippen LogP contribution >= 0.6 is 11.8 Å². The highest BCUT2D eigenvalue weighted by Crippen LogP contribution is 2.23. The zero-order valence-electron chi connectivity index (χ0n) is 16.9. The molecule has 0 atom stereocenters. The van der Waals surface area contributed by atoms with Crippen LogP contribution in [0, 0.1) is 0 Å². The van der Waals surface area contributed by atoms with Crippen LogP contribution in [0.15, 0.2) is 58.3 Å². The molecule has 0 saturated heterocycles. The Morgan fingerprint density at radius 1 is 1.03 bits per heavy atom. The van der Waals surface area contributed by atoms with Gasteiger partial charge in [-0.3, -0.25) is 9.59 Å². The monoisotopic (exact) mass is 447 g/mol. The number of carbonyl (C=O) groups excluding carboxylic acids is 2. The molecule has 0 aliphatic heterocycles. The fraction of sp³-hybridized carbons (Fsp3) is 0.333. The third-order valence-corrected chi connectivity index (χ3v) is 7.07. The van der Waals surface area contributed by atoms with Crippen molar-refractivity contribution in [2.24, 2.45) is 0 Å². The number of carbonyl (C=O) groups is 2. The lowest BCUT2D eigenvalue weighted by molar-refractivity contribution is -0.116. The van der Waals surface area contributed by atoms with E-state index in [0.717, 1.165) is 35.1 Å². The number of amides is 2. The summed E-state index contributed by atoms with van der Waals surface area (Å²) in [7, 11) is -0.0648. The molecule has 2 N–H and O–H groups in total. The van der Waals surface area contributed by atoms with Gasteiger partial charge in [0.2, 0.25) is 15.9 Å². The average molecular weight is 448 g/mol. The van der Waals surface area contributed by atoms with E-state index in [9.17, 15) is 18.0 Å². The van der Waals surface area contributed by atoms with Crippen LogP contribution < -0.4 is 10.0 Å². The number of anilines is 1. The van der Waals surface area contributed by atoms with Crippen molar-refractivity contribution >= 4 is 38.6 Å². The minimum Gasteiger partial charge on any atom is -0.339 e. The number of aryl methyl sites for hydroxylation is 1. The summed E-state index contributed by atoms with van der Waals surface area (Å²) in [5, 5.41) is 2.77. The Hall–Kier alpha value is -2.36. The number of rotatable bonds is 8. The van der Waals surface area contributed by atoms with Crippen LogP contribution in [-0.2, 0) is 21.2 Å². The molecular weight excluding hydrogens is 422 g/mol. The first kappa shape index (κ1) is 22.3. The van der Waals surface area contributed by atoms with Crippen molar-refractivity contribution in [1.82, 2.24) is 9.62 Å². The fourth-order valence-electron chi connectivity index (χ4n) is 2.60. The predicted octanol–water partition coefficient (Wildman–Crippen LogP) is 3.47. The first-order chi connectivity index (χ1) is 14.2. The van der Waals surface area contributed by atoms with E-state index >= 15 is 0 Å². The Morgan fingerprint density at radius 2 is 1.67 bits per heavy atom. The predicted molar refractivity (Wildman–Crippen MR) is 118 cm³/mol. The smallest absolute Gasteiger partial charge is 0.285 e. The SMILES string of the molecule is CN(C)C(=O)Sc1ccc(NC(=O)CCc2ccc(S(=O)(=O)NC3CC3)cc2)cc1. The third-order valence-electron chi connectivity index (χ3n) is 4.48. The van der Waals surface area contributed by atoms with Crippen molar-refractivity contribution in [3.05, 3.63) is 54.1 Å². The van der Waals surface area contributed by atoms with E-state index < -0.39 is 10.0 Å². The minimum absolute atomic E-state index is 0.0612. The molecule has 2 aromatic rings. The van der Waals surface area contributed by atoms with E-state index in [1.54, 1.807) is 62.6 Å². The van der Waals surface area contributed by atoms with Crippen LogP contribution in [0.1, 0.15) is 24.8 Å². The van der Waals surface area contributed by atoms with Crippen LogP contribution in [0.5, 0.6) is 0 Å². The molecule has 0 bridgehead atoms. The van der Waals surface area contributed by atoms with Gasteiger partial charge in [-0.25, -0.2) is 13.1 Å². The molecule has 3 rings (SSSR count). The first-order valence-corrected chi connectivity index (χ1v) is 11.9. The van der Waals surface area contributed by atoms with E-state index in [4.69, 9.17) is 0 Å². The second-order valence-electron chi connectivity index (χ2n) is 7.37. The molecule has 1 aliphatic rings. The van der Waals surface area contributed by atoms with Crippen LogP contribution in [0.25, 0.3) is 0 Å². The number of thioether (sulfide) groups is 1. The van der Waals surface area contributed by atoms with E-state index in [0.29, 0.717) is 12.1 Å². The first-order valence-electron chi connectivity index (χ1n) is 9.63. The van der Waals surface area contributed by atoms with Gasteiger partial charge in [0.1, 0.15) is 0 Å². The minimum atomic E-state index is -3.46. The lowest BCUT2D eigenvalue weighted by atomic mass is 10.1. The highest BCUT2D eigenvalue weighted by atomic mass is 32.2. The molecule has 0 radical (unpaired) electrons. The molecule has 9 heteroatoms. The Morgan fingerprint density at radius 3 is 2.23 bits per heavy atom. The molecular formula is C21H25N3O4S2. The maximum Gasteiger partial charge on any atom is 0.285 e. The lowest BCUT2D eigenvalue weighted by Crippen LogP contribution is -2.25. The summed E-state index contributed by atoms with van der Waals surface area (Å²) in [6.45, 7) is 0. The quantitative estimate of drug-likeness (QED) is 0.604. The Balaban J connectivity index is 1.48. The maximum atomic E-state index is 12.2. The second kappa shape index (κ2) is 9.63. The summed E-state index contributed by atoms with van der Waals surface area (Å²) < 4.78 is 27.0. The van der Waals surface area contributed by atoms with Crippen LogP contribution in [0.2, 0.25) is 0 Å². The molecule has 0 aromatic heterocycles. The van der Waals surface area contributed by atoms with Crippen LogP contribution in [0.4, 0.5) is 10.5 Å². The summed E-state index contributed by atoms with van der Waals surface area (Å²) in [5.41, 5.74) is 1.55. The molecule has 0 heterocycles. The molecule has 7 nitrogen and oxygen atoms in total. The van der Waals surface area contributed by atoms with E-state index in [1.165, 1.54) is 4.90 Å². The van der Waals surface area contributed by atoms with Crippen molar-refractivity contribution < 1.29 is 18.0 Å². The molecule has 0 unspecified atom stereocenters. The van der Waals surface area contributed by atoms with E-state index in [2.05, 4.69) is 10.0 Å². The summed E-state index contributed by atoms with van der Waals surface area (Å²) >= 11 is 1.12. The molecule has 30 heavy (non-hydrogen) atoms. The summed E-state index contributed by atoms with van der Waals surface area (Å²) in [6.07, 6.45) is 2.57. The highest BCUT2D eigenvalue weighted by molar-refractivity contribution is 8.13. The lowest BCUT2D eigenvalue weighted by Gasteiger charge is -2.10. The van der Waals surface area contributed by atoms with Crippen molar-refractivity contribution in [2.75, 3.05) is 19.4 Å². The average Bonchev–Trinajstić information content (AvgIpc) is 3.51. The fourth-order valence-corrected chi connectivity index (χ4v) is 4.57. The number of hydrogen-bond donors (Lipinski definition) is 2. The summed E-state index contributed by atoms with van der Waals surface area (Å²) in [4.78, 5) is 26.5. The van der Waals surface area contributed by atoms with Gasteiger partial charge in [0.15, 0.2) is 0 Å². The third kappa shape index (κ3) is 6.58. The summed E-state index contributed by atoms with van der Waals surface area (Å²) in [5.74, 6) is -0.133. The molecule has 160 valence electrons. The van der Waals surface area contributed by atoms with Crippen molar-refractivity contribution in [1.29, 1.82) is 0 Å². The van der Waals surface area contributed by atoms with Gasteiger partial charge >= 0.3 is 0 Å².